The summed E-state index contributed by atoms with van der Waals surface area (Å²) in [5.74, 6) is 0.244. The average Bonchev–Trinajstić information content (AvgIpc) is 3.20. The molecule has 1 aliphatic rings. The van der Waals surface area contributed by atoms with E-state index in [1.54, 1.807) is 30.4 Å². The van der Waals surface area contributed by atoms with Gasteiger partial charge in [-0.2, -0.15) is 0 Å². The van der Waals surface area contributed by atoms with Crippen LogP contribution in [0.15, 0.2) is 52.3 Å². The van der Waals surface area contributed by atoms with Crippen LogP contribution < -0.4 is 9.64 Å². The van der Waals surface area contributed by atoms with Gasteiger partial charge in [0, 0.05) is 21.0 Å². The van der Waals surface area contributed by atoms with Crippen LogP contribution in [-0.2, 0) is 11.2 Å². The summed E-state index contributed by atoms with van der Waals surface area (Å²) in [6.07, 6.45) is 1.35. The van der Waals surface area contributed by atoms with Gasteiger partial charge in [-0.3, -0.25) is 14.5 Å². The third-order valence-corrected chi connectivity index (χ3v) is 6.38. The Morgan fingerprint density at radius 3 is 2.73 bits per heavy atom. The van der Waals surface area contributed by atoms with E-state index in [0.29, 0.717) is 17.0 Å². The van der Waals surface area contributed by atoms with E-state index in [1.807, 2.05) is 35.7 Å². The number of Topliss-reactive ketones (excluding diaryl/α,β-unsaturated/α-hetero) is 1. The maximum absolute atomic E-state index is 12.9. The highest BCUT2D eigenvalue weighted by atomic mass is 79.9. The number of ketones is 1. The molecule has 0 saturated carbocycles. The summed E-state index contributed by atoms with van der Waals surface area (Å²) in [5.41, 5.74) is 2.94. The quantitative estimate of drug-likeness (QED) is 0.432. The first-order valence-corrected chi connectivity index (χ1v) is 11.5. The minimum atomic E-state index is -0.642. The summed E-state index contributed by atoms with van der Waals surface area (Å²) < 4.78 is 6.68. The summed E-state index contributed by atoms with van der Waals surface area (Å²) in [4.78, 5) is 32.0. The Kier molecular flexibility index (Phi) is 6.01. The highest BCUT2D eigenvalue weighted by molar-refractivity contribution is 9.10. The fraction of sp³-hybridized carbons (Fsp3) is 0.261. The summed E-state index contributed by atoms with van der Waals surface area (Å²) in [6, 6.07) is 12.8. The first-order chi connectivity index (χ1) is 14.5. The van der Waals surface area contributed by atoms with Crippen molar-refractivity contribution in [3.05, 3.63) is 62.9 Å². The molecule has 0 bridgehead atoms. The number of ether oxygens (including phenoxy) is 1. The van der Waals surface area contributed by atoms with E-state index in [0.717, 1.165) is 33.6 Å². The van der Waals surface area contributed by atoms with Crippen LogP contribution in [0.5, 0.6) is 5.75 Å². The number of anilines is 1. The molecule has 0 saturated heterocycles. The summed E-state index contributed by atoms with van der Waals surface area (Å²) in [5, 5.41) is 3.12. The maximum atomic E-state index is 12.9. The van der Waals surface area contributed by atoms with Crippen molar-refractivity contribution in [1.82, 2.24) is 4.98 Å². The molecule has 1 atom stereocenters. The number of hydrogen-bond donors (Lipinski definition) is 0. The van der Waals surface area contributed by atoms with Crippen molar-refractivity contribution in [3.63, 3.8) is 0 Å². The van der Waals surface area contributed by atoms with Gasteiger partial charge in [0.05, 0.1) is 22.9 Å². The smallest absolute Gasteiger partial charge is 0.268 e. The van der Waals surface area contributed by atoms with E-state index in [4.69, 9.17) is 9.72 Å². The van der Waals surface area contributed by atoms with Crippen LogP contribution in [0.25, 0.3) is 11.3 Å². The Balaban J connectivity index is 1.66. The van der Waals surface area contributed by atoms with Crippen molar-refractivity contribution >= 4 is 44.6 Å². The van der Waals surface area contributed by atoms with Gasteiger partial charge in [0.15, 0.2) is 11.9 Å². The zero-order valence-corrected chi connectivity index (χ0v) is 19.1. The minimum Gasteiger partial charge on any atom is -0.479 e. The number of nitrogens with zero attached hydrogens (tertiary/aromatic N) is 2. The Morgan fingerprint density at radius 2 is 2.00 bits per heavy atom. The van der Waals surface area contributed by atoms with Crippen LogP contribution in [0.3, 0.4) is 0 Å². The molecule has 2 heterocycles. The fourth-order valence-electron chi connectivity index (χ4n) is 3.37. The highest BCUT2D eigenvalue weighted by Crippen LogP contribution is 2.38. The van der Waals surface area contributed by atoms with E-state index in [9.17, 15) is 9.59 Å². The number of fused-ring (bicyclic) bond motifs is 1. The van der Waals surface area contributed by atoms with Gasteiger partial charge in [0.1, 0.15) is 5.75 Å². The van der Waals surface area contributed by atoms with Gasteiger partial charge >= 0.3 is 0 Å². The van der Waals surface area contributed by atoms with Crippen LogP contribution in [0.1, 0.15) is 35.6 Å². The van der Waals surface area contributed by atoms with Gasteiger partial charge in [-0.1, -0.05) is 35.0 Å². The van der Waals surface area contributed by atoms with Crippen molar-refractivity contribution in [2.45, 2.75) is 32.8 Å². The zero-order chi connectivity index (χ0) is 21.3. The van der Waals surface area contributed by atoms with E-state index < -0.39 is 6.10 Å². The molecule has 4 rings (SSSR count). The topological polar surface area (TPSA) is 59.5 Å². The SMILES string of the molecule is CCCc1nc(-c2ccc3c(c2)N(CC(=O)c2ccc(Br)cc2)C(=O)C(C)O3)cs1. The Bertz CT molecular complexity index is 1090. The molecule has 1 amide bonds. The lowest BCUT2D eigenvalue weighted by atomic mass is 10.1. The Labute approximate surface area is 187 Å². The monoisotopic (exact) mass is 484 g/mol. The van der Waals surface area contributed by atoms with Crippen LogP contribution in [-0.4, -0.2) is 29.3 Å². The van der Waals surface area contributed by atoms with Crippen LogP contribution in [0, 0.1) is 0 Å². The average molecular weight is 485 g/mol. The molecule has 0 fully saturated rings. The Hall–Kier alpha value is -2.51. The number of carbonyl (C=O) groups is 2. The molecule has 0 N–H and O–H groups in total. The zero-order valence-electron chi connectivity index (χ0n) is 16.7. The van der Waals surface area contributed by atoms with Gasteiger partial charge in [0.2, 0.25) is 0 Å². The molecular weight excluding hydrogens is 464 g/mol. The van der Waals surface area contributed by atoms with Crippen molar-refractivity contribution in [3.8, 4) is 17.0 Å². The van der Waals surface area contributed by atoms with E-state index in [1.165, 1.54) is 4.90 Å². The van der Waals surface area contributed by atoms with Crippen LogP contribution in [0.4, 0.5) is 5.69 Å². The normalized spacial score (nSPS) is 15.6. The molecule has 154 valence electrons. The van der Waals surface area contributed by atoms with Gasteiger partial charge in [-0.05, 0) is 50.1 Å². The number of benzene rings is 2. The summed E-state index contributed by atoms with van der Waals surface area (Å²) in [7, 11) is 0. The first kappa shape index (κ1) is 20.8. The van der Waals surface area contributed by atoms with Gasteiger partial charge in [0.25, 0.3) is 5.91 Å². The number of thiazole rings is 1. The number of aromatic nitrogens is 1. The molecule has 2 aromatic carbocycles. The molecule has 3 aromatic rings. The lowest BCUT2D eigenvalue weighted by molar-refractivity contribution is -0.125. The number of aryl methyl sites for hydroxylation is 1. The van der Waals surface area contributed by atoms with Gasteiger partial charge in [-0.15, -0.1) is 11.3 Å². The largest absolute Gasteiger partial charge is 0.479 e. The van der Waals surface area contributed by atoms with Crippen LogP contribution in [0.2, 0.25) is 0 Å². The van der Waals surface area contributed by atoms with Gasteiger partial charge in [-0.25, -0.2) is 4.98 Å². The minimum absolute atomic E-state index is 0.0389. The van der Waals surface area contributed by atoms with E-state index >= 15 is 0 Å². The van der Waals surface area contributed by atoms with Crippen molar-refractivity contribution in [1.29, 1.82) is 0 Å². The molecule has 1 aliphatic heterocycles. The van der Waals surface area contributed by atoms with E-state index in [2.05, 4.69) is 22.9 Å². The number of hydrogen-bond acceptors (Lipinski definition) is 5. The number of halogens is 1. The third kappa shape index (κ3) is 4.18. The number of carbonyl (C=O) groups excluding carboxylic acids is 2. The molecule has 0 aliphatic carbocycles. The van der Waals surface area contributed by atoms with E-state index in [-0.39, 0.29) is 18.2 Å². The van der Waals surface area contributed by atoms with Crippen LogP contribution >= 0.6 is 27.3 Å². The molecule has 5 nitrogen and oxygen atoms in total. The molecule has 0 spiro atoms. The fourth-order valence-corrected chi connectivity index (χ4v) is 4.55. The third-order valence-electron chi connectivity index (χ3n) is 4.95. The second-order valence-electron chi connectivity index (χ2n) is 7.17. The summed E-state index contributed by atoms with van der Waals surface area (Å²) >= 11 is 5.01. The predicted molar refractivity (Wildman–Crippen MR) is 122 cm³/mol. The lowest BCUT2D eigenvalue weighted by Crippen LogP contribution is -2.46. The molecule has 30 heavy (non-hydrogen) atoms. The number of rotatable bonds is 6. The molecule has 1 aromatic heterocycles. The molecular formula is C23H21BrN2O3S. The lowest BCUT2D eigenvalue weighted by Gasteiger charge is -2.33. The molecule has 1 unspecified atom stereocenters. The highest BCUT2D eigenvalue weighted by Gasteiger charge is 2.33. The van der Waals surface area contributed by atoms with Gasteiger partial charge < -0.3 is 4.74 Å². The predicted octanol–water partition coefficient (Wildman–Crippen LogP) is 5.52. The van der Waals surface area contributed by atoms with Crippen molar-refractivity contribution in [2.24, 2.45) is 0 Å². The summed E-state index contributed by atoms with van der Waals surface area (Å²) in [6.45, 7) is 3.79. The maximum Gasteiger partial charge on any atom is 0.268 e. The standard InChI is InChI=1S/C23H21BrN2O3S/c1-3-4-22-25-18(13-30-22)16-7-10-21-19(11-16)26(23(28)14(2)29-21)12-20(27)15-5-8-17(24)9-6-15/h5-11,13-14H,3-4,12H2,1-2H3. The second-order valence-corrected chi connectivity index (χ2v) is 9.03. The second kappa shape index (κ2) is 8.70. The van der Waals surface area contributed by atoms with Crippen molar-refractivity contribution in [2.75, 3.05) is 11.4 Å². The molecule has 0 radical (unpaired) electrons. The first-order valence-electron chi connectivity index (χ1n) is 9.82. The molecule has 7 heteroatoms. The van der Waals surface area contributed by atoms with Crippen molar-refractivity contribution < 1.29 is 14.3 Å². The number of amides is 1. The Morgan fingerprint density at radius 1 is 1.23 bits per heavy atom.